The molecule has 2 aromatic rings. The Morgan fingerprint density at radius 1 is 1.11 bits per heavy atom. The standard InChI is InChI=1S/C18H19F3N2O3S/c1-12-10-23(11-17(26-12)13-5-3-2-4-6-13)16-8-7-14(27(22,24)25)9-15(16)18(19,20)21/h2-9,12,17H,10-11H2,1H3,(H2,22,24,25)/t12-,17-/m1/s1. The molecule has 5 nitrogen and oxygen atoms in total. The van der Waals surface area contributed by atoms with Crippen molar-refractivity contribution in [1.29, 1.82) is 0 Å². The Kier molecular flexibility index (Phi) is 5.20. The lowest BCUT2D eigenvalue weighted by Crippen LogP contribution is -2.43. The van der Waals surface area contributed by atoms with Gasteiger partial charge in [-0.25, -0.2) is 13.6 Å². The van der Waals surface area contributed by atoms with E-state index < -0.39 is 32.8 Å². The molecule has 0 aliphatic carbocycles. The van der Waals surface area contributed by atoms with Gasteiger partial charge < -0.3 is 9.64 Å². The summed E-state index contributed by atoms with van der Waals surface area (Å²) in [7, 11) is -4.24. The van der Waals surface area contributed by atoms with Crippen LogP contribution in [0, 0.1) is 0 Å². The Labute approximate surface area is 155 Å². The Balaban J connectivity index is 2.01. The van der Waals surface area contributed by atoms with Gasteiger partial charge in [0.25, 0.3) is 0 Å². The molecule has 1 aliphatic rings. The number of hydrogen-bond donors (Lipinski definition) is 1. The van der Waals surface area contributed by atoms with Gasteiger partial charge in [0.05, 0.1) is 16.6 Å². The zero-order valence-corrected chi connectivity index (χ0v) is 15.3. The number of primary sulfonamides is 1. The number of nitrogens with zero attached hydrogens (tertiary/aromatic N) is 1. The first-order chi connectivity index (χ1) is 12.6. The molecule has 1 saturated heterocycles. The number of anilines is 1. The van der Waals surface area contributed by atoms with Crippen LogP contribution < -0.4 is 10.0 Å². The summed E-state index contributed by atoms with van der Waals surface area (Å²) in [5, 5.41) is 4.99. The van der Waals surface area contributed by atoms with Gasteiger partial charge in [0.15, 0.2) is 0 Å². The highest BCUT2D eigenvalue weighted by molar-refractivity contribution is 7.89. The molecule has 0 amide bonds. The fourth-order valence-corrected chi connectivity index (χ4v) is 3.73. The number of benzene rings is 2. The molecule has 1 fully saturated rings. The van der Waals surface area contributed by atoms with Gasteiger partial charge in [-0.2, -0.15) is 13.2 Å². The largest absolute Gasteiger partial charge is 0.418 e. The molecule has 1 aliphatic heterocycles. The van der Waals surface area contributed by atoms with E-state index in [1.54, 1.807) is 11.8 Å². The van der Waals surface area contributed by atoms with Crippen LogP contribution in [0.4, 0.5) is 18.9 Å². The van der Waals surface area contributed by atoms with Crippen molar-refractivity contribution in [2.45, 2.75) is 30.2 Å². The fraction of sp³-hybridized carbons (Fsp3) is 0.333. The van der Waals surface area contributed by atoms with E-state index in [0.717, 1.165) is 17.7 Å². The smallest absolute Gasteiger partial charge is 0.367 e. The van der Waals surface area contributed by atoms with Crippen LogP contribution in [0.2, 0.25) is 0 Å². The lowest BCUT2D eigenvalue weighted by atomic mass is 10.0. The van der Waals surface area contributed by atoms with E-state index in [9.17, 15) is 21.6 Å². The molecule has 1 heterocycles. The average Bonchev–Trinajstić information content (AvgIpc) is 2.60. The maximum absolute atomic E-state index is 13.6. The predicted octanol–water partition coefficient (Wildman–Crippen LogP) is 3.32. The number of halogens is 3. The van der Waals surface area contributed by atoms with Crippen LogP contribution in [-0.2, 0) is 20.9 Å². The maximum atomic E-state index is 13.6. The van der Waals surface area contributed by atoms with Crippen molar-refractivity contribution in [1.82, 2.24) is 0 Å². The SMILES string of the molecule is C[C@@H]1CN(c2ccc(S(N)(=O)=O)cc2C(F)(F)F)C[C@H](c2ccccc2)O1. The van der Waals surface area contributed by atoms with Crippen molar-refractivity contribution in [3.8, 4) is 0 Å². The molecule has 3 rings (SSSR count). The second kappa shape index (κ2) is 7.14. The van der Waals surface area contributed by atoms with E-state index in [2.05, 4.69) is 0 Å². The van der Waals surface area contributed by atoms with Crippen LogP contribution in [0.3, 0.4) is 0 Å². The van der Waals surface area contributed by atoms with Gasteiger partial charge in [0, 0.05) is 18.8 Å². The van der Waals surface area contributed by atoms with Crippen LogP contribution in [-0.4, -0.2) is 27.6 Å². The molecule has 0 aromatic heterocycles. The van der Waals surface area contributed by atoms with Crippen LogP contribution in [0.1, 0.15) is 24.2 Å². The zero-order chi connectivity index (χ0) is 19.8. The first-order valence-electron chi connectivity index (χ1n) is 8.25. The van der Waals surface area contributed by atoms with E-state index in [4.69, 9.17) is 9.88 Å². The van der Waals surface area contributed by atoms with Crippen molar-refractivity contribution >= 4 is 15.7 Å². The Morgan fingerprint density at radius 3 is 2.37 bits per heavy atom. The number of nitrogens with two attached hydrogens (primary N) is 1. The molecular formula is C18H19F3N2O3S. The molecule has 9 heteroatoms. The quantitative estimate of drug-likeness (QED) is 0.858. The highest BCUT2D eigenvalue weighted by atomic mass is 32.2. The highest BCUT2D eigenvalue weighted by Crippen LogP contribution is 2.40. The molecule has 0 spiro atoms. The molecule has 0 unspecified atom stereocenters. The molecule has 0 saturated carbocycles. The summed E-state index contributed by atoms with van der Waals surface area (Å²) < 4.78 is 69.6. The summed E-state index contributed by atoms with van der Waals surface area (Å²) in [6, 6.07) is 12.1. The maximum Gasteiger partial charge on any atom is 0.418 e. The molecule has 0 bridgehead atoms. The third-order valence-electron chi connectivity index (χ3n) is 4.37. The van der Waals surface area contributed by atoms with Crippen molar-refractivity contribution in [2.24, 2.45) is 5.14 Å². The number of rotatable bonds is 3. The predicted molar refractivity (Wildman–Crippen MR) is 94.8 cm³/mol. The monoisotopic (exact) mass is 400 g/mol. The third kappa shape index (κ3) is 4.42. The first kappa shape index (κ1) is 19.7. The first-order valence-corrected chi connectivity index (χ1v) is 9.80. The highest BCUT2D eigenvalue weighted by Gasteiger charge is 2.38. The minimum atomic E-state index is -4.72. The van der Waals surface area contributed by atoms with Gasteiger partial charge >= 0.3 is 6.18 Å². The van der Waals surface area contributed by atoms with Crippen molar-refractivity contribution < 1.29 is 26.3 Å². The summed E-state index contributed by atoms with van der Waals surface area (Å²) in [5.41, 5.74) is -0.260. The van der Waals surface area contributed by atoms with Crippen molar-refractivity contribution in [2.75, 3.05) is 18.0 Å². The van der Waals surface area contributed by atoms with Crippen LogP contribution >= 0.6 is 0 Å². The number of morpholine rings is 1. The van der Waals surface area contributed by atoms with Gasteiger partial charge in [0.2, 0.25) is 10.0 Å². The number of alkyl halides is 3. The Bertz CT molecular complexity index is 917. The number of ether oxygens (including phenoxy) is 1. The summed E-state index contributed by atoms with van der Waals surface area (Å²) in [5.74, 6) is 0. The molecule has 27 heavy (non-hydrogen) atoms. The van der Waals surface area contributed by atoms with Crippen molar-refractivity contribution in [3.05, 3.63) is 59.7 Å². The van der Waals surface area contributed by atoms with E-state index in [1.165, 1.54) is 0 Å². The van der Waals surface area contributed by atoms with Crippen molar-refractivity contribution in [3.63, 3.8) is 0 Å². The van der Waals surface area contributed by atoms with E-state index in [1.807, 2.05) is 30.3 Å². The Morgan fingerprint density at radius 2 is 1.78 bits per heavy atom. The van der Waals surface area contributed by atoms with E-state index in [0.29, 0.717) is 6.07 Å². The molecule has 2 aromatic carbocycles. The third-order valence-corrected chi connectivity index (χ3v) is 5.29. The molecule has 2 atom stereocenters. The van der Waals surface area contributed by atoms with Gasteiger partial charge in [-0.05, 0) is 30.7 Å². The topological polar surface area (TPSA) is 72.6 Å². The van der Waals surface area contributed by atoms with Crippen LogP contribution in [0.15, 0.2) is 53.4 Å². The molecule has 2 N–H and O–H groups in total. The van der Waals surface area contributed by atoms with Crippen LogP contribution in [0.5, 0.6) is 0 Å². The van der Waals surface area contributed by atoms with E-state index >= 15 is 0 Å². The van der Waals surface area contributed by atoms with Gasteiger partial charge in [-0.3, -0.25) is 0 Å². The van der Waals surface area contributed by atoms with Gasteiger partial charge in [-0.15, -0.1) is 0 Å². The summed E-state index contributed by atoms with van der Waals surface area (Å²) in [6.45, 7) is 2.25. The lowest BCUT2D eigenvalue weighted by Gasteiger charge is -2.39. The minimum Gasteiger partial charge on any atom is -0.367 e. The molecular weight excluding hydrogens is 381 g/mol. The fourth-order valence-electron chi connectivity index (χ4n) is 3.19. The summed E-state index contributed by atoms with van der Waals surface area (Å²) in [4.78, 5) is 1.00. The summed E-state index contributed by atoms with van der Waals surface area (Å²) >= 11 is 0. The minimum absolute atomic E-state index is 0.0917. The average molecular weight is 400 g/mol. The van der Waals surface area contributed by atoms with Gasteiger partial charge in [-0.1, -0.05) is 30.3 Å². The molecule has 0 radical (unpaired) electrons. The second-order valence-corrected chi connectivity index (χ2v) is 8.03. The molecule has 146 valence electrons. The zero-order valence-electron chi connectivity index (χ0n) is 14.5. The lowest BCUT2D eigenvalue weighted by molar-refractivity contribution is -0.137. The summed E-state index contributed by atoms with van der Waals surface area (Å²) in [6.07, 6.45) is -5.42. The normalized spacial score (nSPS) is 21.3. The second-order valence-electron chi connectivity index (χ2n) is 6.47. The van der Waals surface area contributed by atoms with Gasteiger partial charge in [0.1, 0.15) is 6.10 Å². The van der Waals surface area contributed by atoms with E-state index in [-0.39, 0.29) is 24.9 Å². The Hall–Kier alpha value is -2.10. The number of hydrogen-bond acceptors (Lipinski definition) is 4. The number of sulfonamides is 1. The van der Waals surface area contributed by atoms with Crippen LogP contribution in [0.25, 0.3) is 0 Å².